The lowest BCUT2D eigenvalue weighted by molar-refractivity contribution is -0.117. The fourth-order valence-electron chi connectivity index (χ4n) is 2.50. The summed E-state index contributed by atoms with van der Waals surface area (Å²) in [6.07, 6.45) is 4.96. The summed E-state index contributed by atoms with van der Waals surface area (Å²) in [5.41, 5.74) is 1.99. The Hall–Kier alpha value is -3.48. The molecule has 3 aromatic rings. The molecule has 0 saturated carbocycles. The van der Waals surface area contributed by atoms with E-state index in [-0.39, 0.29) is 11.9 Å². The van der Waals surface area contributed by atoms with Crippen molar-refractivity contribution < 1.29 is 14.3 Å². The maximum Gasteiger partial charge on any atom is 0.337 e. The van der Waals surface area contributed by atoms with E-state index in [1.165, 1.54) is 13.2 Å². The number of nitrogens with zero attached hydrogens (tertiary/aromatic N) is 3. The van der Waals surface area contributed by atoms with E-state index in [2.05, 4.69) is 20.3 Å². The van der Waals surface area contributed by atoms with E-state index < -0.39 is 5.97 Å². The van der Waals surface area contributed by atoms with E-state index in [0.29, 0.717) is 11.4 Å². The third-order valence-corrected chi connectivity index (χ3v) is 3.85. The Balaban J connectivity index is 1.64. The van der Waals surface area contributed by atoms with Crippen molar-refractivity contribution in [2.45, 2.75) is 13.0 Å². The number of hydrogen-bond donors (Lipinski definition) is 1. The Kier molecular flexibility index (Phi) is 5.07. The monoisotopic (exact) mass is 350 g/mol. The number of amides is 1. The summed E-state index contributed by atoms with van der Waals surface area (Å²) in [5, 5.41) is 11.1. The van der Waals surface area contributed by atoms with Gasteiger partial charge in [-0.25, -0.2) is 4.79 Å². The van der Waals surface area contributed by atoms with Gasteiger partial charge in [-0.2, -0.15) is 0 Å². The van der Waals surface area contributed by atoms with Crippen molar-refractivity contribution in [2.75, 3.05) is 7.11 Å². The molecule has 0 bridgehead atoms. The van der Waals surface area contributed by atoms with Gasteiger partial charge in [-0.15, -0.1) is 10.2 Å². The molecule has 0 aliphatic carbocycles. The number of aromatic nitrogens is 3. The van der Waals surface area contributed by atoms with Gasteiger partial charge in [0.2, 0.25) is 5.91 Å². The van der Waals surface area contributed by atoms with Crippen molar-refractivity contribution in [3.8, 4) is 0 Å². The zero-order valence-electron chi connectivity index (χ0n) is 14.4. The van der Waals surface area contributed by atoms with Crippen LogP contribution in [-0.4, -0.2) is 33.6 Å². The molecule has 1 N–H and O–H groups in total. The lowest BCUT2D eigenvalue weighted by Crippen LogP contribution is -2.26. The van der Waals surface area contributed by atoms with E-state index in [0.717, 1.165) is 11.2 Å². The Bertz CT molecular complexity index is 960. The van der Waals surface area contributed by atoms with Gasteiger partial charge in [-0.3, -0.25) is 9.20 Å². The van der Waals surface area contributed by atoms with Crippen molar-refractivity contribution in [1.29, 1.82) is 0 Å². The standard InChI is InChI=1S/C19H18N4O3/c1-13(18-22-21-16-5-3-4-12-23(16)18)20-17(24)11-8-14-6-9-15(10-7-14)19(25)26-2/h3-13H,1-2H3,(H,20,24)/b11-8+. The van der Waals surface area contributed by atoms with Crippen LogP contribution in [0.25, 0.3) is 11.7 Å². The molecule has 1 aromatic carbocycles. The molecule has 0 spiro atoms. The first-order valence-corrected chi connectivity index (χ1v) is 8.05. The zero-order chi connectivity index (χ0) is 18.5. The number of benzene rings is 1. The number of rotatable bonds is 5. The summed E-state index contributed by atoms with van der Waals surface area (Å²) in [7, 11) is 1.33. The fourth-order valence-corrected chi connectivity index (χ4v) is 2.50. The van der Waals surface area contributed by atoms with Crippen LogP contribution in [-0.2, 0) is 9.53 Å². The molecule has 0 saturated heterocycles. The molecule has 132 valence electrons. The molecule has 0 aliphatic rings. The van der Waals surface area contributed by atoms with Crippen LogP contribution < -0.4 is 5.32 Å². The van der Waals surface area contributed by atoms with Crippen LogP contribution in [0.5, 0.6) is 0 Å². The highest BCUT2D eigenvalue weighted by molar-refractivity contribution is 5.92. The van der Waals surface area contributed by atoms with Gasteiger partial charge in [0, 0.05) is 12.3 Å². The van der Waals surface area contributed by atoms with Gasteiger partial charge in [-0.1, -0.05) is 18.2 Å². The number of methoxy groups -OCH3 is 1. The van der Waals surface area contributed by atoms with Crippen LogP contribution in [0.15, 0.2) is 54.7 Å². The second kappa shape index (κ2) is 7.60. The largest absolute Gasteiger partial charge is 0.465 e. The van der Waals surface area contributed by atoms with Crippen LogP contribution >= 0.6 is 0 Å². The predicted molar refractivity (Wildman–Crippen MR) is 96.4 cm³/mol. The third-order valence-electron chi connectivity index (χ3n) is 3.85. The highest BCUT2D eigenvalue weighted by atomic mass is 16.5. The van der Waals surface area contributed by atoms with E-state index >= 15 is 0 Å². The van der Waals surface area contributed by atoms with E-state index in [1.807, 2.05) is 35.7 Å². The Labute approximate surface area is 150 Å². The molecule has 0 aliphatic heterocycles. The average molecular weight is 350 g/mol. The molecule has 26 heavy (non-hydrogen) atoms. The van der Waals surface area contributed by atoms with Gasteiger partial charge in [0.15, 0.2) is 11.5 Å². The molecule has 1 amide bonds. The first-order valence-electron chi connectivity index (χ1n) is 8.05. The minimum Gasteiger partial charge on any atom is -0.465 e. The number of fused-ring (bicyclic) bond motifs is 1. The number of carbonyl (C=O) groups excluding carboxylic acids is 2. The summed E-state index contributed by atoms with van der Waals surface area (Å²) < 4.78 is 6.48. The van der Waals surface area contributed by atoms with Crippen molar-refractivity contribution in [3.63, 3.8) is 0 Å². The normalized spacial score (nSPS) is 12.2. The van der Waals surface area contributed by atoms with Crippen molar-refractivity contribution >= 4 is 23.6 Å². The SMILES string of the molecule is COC(=O)c1ccc(/C=C/C(=O)NC(C)c2nnc3ccccn23)cc1. The smallest absolute Gasteiger partial charge is 0.337 e. The quantitative estimate of drug-likeness (QED) is 0.564. The maximum atomic E-state index is 12.2. The molecule has 2 heterocycles. The number of ether oxygens (including phenoxy) is 1. The first kappa shape index (κ1) is 17.3. The highest BCUT2D eigenvalue weighted by Crippen LogP contribution is 2.12. The molecule has 2 aromatic heterocycles. The Morgan fingerprint density at radius 1 is 1.15 bits per heavy atom. The van der Waals surface area contributed by atoms with Gasteiger partial charge in [0.25, 0.3) is 0 Å². The average Bonchev–Trinajstić information content (AvgIpc) is 3.10. The zero-order valence-corrected chi connectivity index (χ0v) is 14.4. The van der Waals surface area contributed by atoms with Crippen LogP contribution in [0.3, 0.4) is 0 Å². The van der Waals surface area contributed by atoms with Crippen LogP contribution in [0, 0.1) is 0 Å². The maximum absolute atomic E-state index is 12.2. The summed E-state index contributed by atoms with van der Waals surface area (Å²) >= 11 is 0. The minimum atomic E-state index is -0.396. The Morgan fingerprint density at radius 2 is 1.92 bits per heavy atom. The van der Waals surface area contributed by atoms with Gasteiger partial charge in [-0.05, 0) is 42.8 Å². The van der Waals surface area contributed by atoms with Crippen LogP contribution in [0.1, 0.15) is 34.7 Å². The number of nitrogens with one attached hydrogen (secondary N) is 1. The van der Waals surface area contributed by atoms with Crippen LogP contribution in [0.2, 0.25) is 0 Å². The van der Waals surface area contributed by atoms with Gasteiger partial charge in [0.05, 0.1) is 18.7 Å². The molecule has 0 fully saturated rings. The third kappa shape index (κ3) is 3.77. The van der Waals surface area contributed by atoms with Gasteiger partial charge < -0.3 is 10.1 Å². The lowest BCUT2D eigenvalue weighted by atomic mass is 10.1. The van der Waals surface area contributed by atoms with Crippen molar-refractivity contribution in [2.24, 2.45) is 0 Å². The number of hydrogen-bond acceptors (Lipinski definition) is 5. The second-order valence-electron chi connectivity index (χ2n) is 5.66. The van der Waals surface area contributed by atoms with E-state index in [1.54, 1.807) is 30.3 Å². The molecule has 0 radical (unpaired) electrons. The Morgan fingerprint density at radius 3 is 2.65 bits per heavy atom. The lowest BCUT2D eigenvalue weighted by Gasteiger charge is -2.10. The van der Waals surface area contributed by atoms with Gasteiger partial charge >= 0.3 is 5.97 Å². The molecule has 1 unspecified atom stereocenters. The summed E-state index contributed by atoms with van der Waals surface area (Å²) in [6.45, 7) is 1.85. The fraction of sp³-hybridized carbons (Fsp3) is 0.158. The first-order chi connectivity index (χ1) is 12.6. The van der Waals surface area contributed by atoms with E-state index in [9.17, 15) is 9.59 Å². The molecule has 3 rings (SSSR count). The summed E-state index contributed by atoms with van der Waals surface area (Å²) in [4.78, 5) is 23.6. The molecule has 7 nitrogen and oxygen atoms in total. The molecular weight excluding hydrogens is 332 g/mol. The minimum absolute atomic E-state index is 0.248. The van der Waals surface area contributed by atoms with Gasteiger partial charge in [0.1, 0.15) is 0 Å². The molecule has 1 atom stereocenters. The number of carbonyl (C=O) groups is 2. The number of pyridine rings is 1. The van der Waals surface area contributed by atoms with E-state index in [4.69, 9.17) is 0 Å². The summed E-state index contributed by atoms with van der Waals surface area (Å²) in [6, 6.07) is 12.1. The van der Waals surface area contributed by atoms with Crippen molar-refractivity contribution in [3.05, 3.63) is 71.7 Å². The summed E-state index contributed by atoms with van der Waals surface area (Å²) in [5.74, 6) is 0.0136. The molecule has 7 heteroatoms. The van der Waals surface area contributed by atoms with Crippen molar-refractivity contribution in [1.82, 2.24) is 19.9 Å². The molecular formula is C19H18N4O3. The topological polar surface area (TPSA) is 85.6 Å². The second-order valence-corrected chi connectivity index (χ2v) is 5.66. The highest BCUT2D eigenvalue weighted by Gasteiger charge is 2.14. The predicted octanol–water partition coefficient (Wildman–Crippen LogP) is 2.41. The number of esters is 1. The van der Waals surface area contributed by atoms with Crippen LogP contribution in [0.4, 0.5) is 0 Å².